The first kappa shape index (κ1) is 23.6. The van der Waals surface area contributed by atoms with E-state index >= 15 is 0 Å². The van der Waals surface area contributed by atoms with Crippen molar-refractivity contribution in [1.29, 1.82) is 0 Å². The number of carbonyl (C=O) groups excluding carboxylic acids is 1. The summed E-state index contributed by atoms with van der Waals surface area (Å²) in [6, 6.07) is 15.0. The molecule has 0 aliphatic carbocycles. The Morgan fingerprint density at radius 1 is 1.06 bits per heavy atom. The molecule has 172 valence electrons. The third-order valence-electron chi connectivity index (χ3n) is 4.99. The number of halogens is 3. The Morgan fingerprint density at radius 2 is 1.75 bits per heavy atom. The highest BCUT2D eigenvalue weighted by Crippen LogP contribution is 2.21. The van der Waals surface area contributed by atoms with Crippen molar-refractivity contribution in [3.8, 4) is 0 Å². The van der Waals surface area contributed by atoms with Gasteiger partial charge in [0.2, 0.25) is 5.91 Å². The summed E-state index contributed by atoms with van der Waals surface area (Å²) < 4.78 is 41.4. The van der Waals surface area contributed by atoms with Crippen molar-refractivity contribution in [2.24, 2.45) is 4.99 Å². The summed E-state index contributed by atoms with van der Waals surface area (Å²) in [5, 5.41) is 6.42. The van der Waals surface area contributed by atoms with Gasteiger partial charge < -0.3 is 20.3 Å². The van der Waals surface area contributed by atoms with Gasteiger partial charge in [-0.3, -0.25) is 9.79 Å². The number of rotatable bonds is 8. The molecule has 1 aliphatic heterocycles. The van der Waals surface area contributed by atoms with Crippen molar-refractivity contribution in [3.63, 3.8) is 0 Å². The van der Waals surface area contributed by atoms with Crippen LogP contribution in [0.4, 0.5) is 18.9 Å². The van der Waals surface area contributed by atoms with Crippen LogP contribution in [0.15, 0.2) is 53.5 Å². The topological polar surface area (TPSA) is 66.0 Å². The molecule has 2 N–H and O–H groups in total. The Bertz CT molecular complexity index is 930. The minimum absolute atomic E-state index is 0.0979. The standard InChI is InChI=1S/C23H27F3N4O2/c1-27-22(28-13-17-7-9-20(10-8-17)30-11-3-6-21(30)31)29-14-18-4-2-5-19(12-18)15-32-16-23(24,25)26/h2,4-5,7-10,12H,3,6,11,13-16H2,1H3,(H2,27,28,29). The molecule has 2 aromatic rings. The smallest absolute Gasteiger partial charge is 0.367 e. The number of anilines is 1. The summed E-state index contributed by atoms with van der Waals surface area (Å²) in [5.41, 5.74) is 3.54. The van der Waals surface area contributed by atoms with Gasteiger partial charge in [-0.2, -0.15) is 13.2 Å². The van der Waals surface area contributed by atoms with Crippen molar-refractivity contribution in [2.45, 2.75) is 38.7 Å². The molecule has 0 bridgehead atoms. The molecule has 0 spiro atoms. The maximum Gasteiger partial charge on any atom is 0.411 e. The number of hydrogen-bond donors (Lipinski definition) is 2. The van der Waals surface area contributed by atoms with Crippen LogP contribution >= 0.6 is 0 Å². The number of hydrogen-bond acceptors (Lipinski definition) is 3. The van der Waals surface area contributed by atoms with Gasteiger partial charge in [0.05, 0.1) is 6.61 Å². The summed E-state index contributed by atoms with van der Waals surface area (Å²) in [6.07, 6.45) is -2.83. The van der Waals surface area contributed by atoms with Crippen LogP contribution in [0.5, 0.6) is 0 Å². The number of nitrogens with one attached hydrogen (secondary N) is 2. The third-order valence-corrected chi connectivity index (χ3v) is 4.99. The molecular weight excluding hydrogens is 421 g/mol. The van der Waals surface area contributed by atoms with E-state index in [2.05, 4.69) is 15.6 Å². The maximum atomic E-state index is 12.2. The molecule has 0 saturated carbocycles. The maximum absolute atomic E-state index is 12.2. The molecule has 1 aliphatic rings. The zero-order valence-electron chi connectivity index (χ0n) is 17.9. The van der Waals surface area contributed by atoms with Crippen molar-refractivity contribution in [3.05, 3.63) is 65.2 Å². The van der Waals surface area contributed by atoms with E-state index in [4.69, 9.17) is 4.74 Å². The molecule has 0 radical (unpaired) electrons. The minimum atomic E-state index is -4.33. The zero-order chi connectivity index (χ0) is 23.0. The number of guanidine groups is 1. The van der Waals surface area contributed by atoms with Crippen LogP contribution in [0.3, 0.4) is 0 Å². The molecule has 0 unspecified atom stereocenters. The molecule has 1 fully saturated rings. The Kier molecular flexibility index (Phi) is 8.10. The lowest BCUT2D eigenvalue weighted by Crippen LogP contribution is -2.36. The van der Waals surface area contributed by atoms with Crippen molar-refractivity contribution in [2.75, 3.05) is 25.1 Å². The molecular formula is C23H27F3N4O2. The van der Waals surface area contributed by atoms with Gasteiger partial charge in [0.15, 0.2) is 5.96 Å². The van der Waals surface area contributed by atoms with Crippen LogP contribution in [0.2, 0.25) is 0 Å². The molecule has 0 aromatic heterocycles. The fraction of sp³-hybridized carbons (Fsp3) is 0.391. The Labute approximate surface area is 185 Å². The Balaban J connectivity index is 1.46. The number of carbonyl (C=O) groups is 1. The number of benzene rings is 2. The summed E-state index contributed by atoms with van der Waals surface area (Å²) >= 11 is 0. The van der Waals surface area contributed by atoms with Crippen molar-refractivity contribution >= 4 is 17.6 Å². The second-order valence-corrected chi connectivity index (χ2v) is 7.52. The van der Waals surface area contributed by atoms with E-state index in [1.54, 1.807) is 30.1 Å². The Hall–Kier alpha value is -3.07. The molecule has 1 amide bonds. The van der Waals surface area contributed by atoms with Crippen LogP contribution in [0, 0.1) is 0 Å². The van der Waals surface area contributed by atoms with Gasteiger partial charge in [-0.25, -0.2) is 0 Å². The zero-order valence-corrected chi connectivity index (χ0v) is 17.9. The van der Waals surface area contributed by atoms with E-state index in [0.717, 1.165) is 29.8 Å². The van der Waals surface area contributed by atoms with Gasteiger partial charge in [0, 0.05) is 38.8 Å². The quantitative estimate of drug-likeness (QED) is 0.477. The molecule has 32 heavy (non-hydrogen) atoms. The van der Waals surface area contributed by atoms with Gasteiger partial charge in [-0.15, -0.1) is 0 Å². The monoisotopic (exact) mass is 448 g/mol. The minimum Gasteiger partial charge on any atom is -0.367 e. The van der Waals surface area contributed by atoms with Gasteiger partial charge in [0.1, 0.15) is 6.61 Å². The lowest BCUT2D eigenvalue weighted by molar-refractivity contribution is -0.176. The summed E-state index contributed by atoms with van der Waals surface area (Å²) in [5.74, 6) is 0.763. The third kappa shape index (κ3) is 7.26. The summed E-state index contributed by atoms with van der Waals surface area (Å²) in [4.78, 5) is 17.9. The lowest BCUT2D eigenvalue weighted by atomic mass is 10.1. The molecule has 2 aromatic carbocycles. The molecule has 1 saturated heterocycles. The van der Waals surface area contributed by atoms with Gasteiger partial charge in [-0.05, 0) is 35.2 Å². The van der Waals surface area contributed by atoms with E-state index < -0.39 is 12.8 Å². The van der Waals surface area contributed by atoms with E-state index in [9.17, 15) is 18.0 Å². The second kappa shape index (κ2) is 11.0. The molecule has 0 atom stereocenters. The largest absolute Gasteiger partial charge is 0.411 e. The number of nitrogens with zero attached hydrogens (tertiary/aromatic N) is 2. The van der Waals surface area contributed by atoms with E-state index in [1.165, 1.54) is 0 Å². The van der Waals surface area contributed by atoms with Gasteiger partial charge in [0.25, 0.3) is 0 Å². The molecule has 3 rings (SSSR count). The first-order valence-electron chi connectivity index (χ1n) is 10.4. The first-order valence-corrected chi connectivity index (χ1v) is 10.4. The van der Waals surface area contributed by atoms with Gasteiger partial charge in [-0.1, -0.05) is 36.4 Å². The summed E-state index contributed by atoms with van der Waals surface area (Å²) in [6.45, 7) is 0.422. The highest BCUT2D eigenvalue weighted by Gasteiger charge is 2.27. The van der Waals surface area contributed by atoms with Crippen LogP contribution < -0.4 is 15.5 Å². The number of ether oxygens (including phenoxy) is 1. The Morgan fingerprint density at radius 3 is 2.38 bits per heavy atom. The second-order valence-electron chi connectivity index (χ2n) is 7.52. The highest BCUT2D eigenvalue weighted by molar-refractivity contribution is 5.95. The van der Waals surface area contributed by atoms with Crippen LogP contribution in [0.1, 0.15) is 29.5 Å². The fourth-order valence-corrected chi connectivity index (χ4v) is 3.42. The molecule has 9 heteroatoms. The predicted octanol–water partition coefficient (Wildman–Crippen LogP) is 3.76. The highest BCUT2D eigenvalue weighted by atomic mass is 19.4. The average molecular weight is 448 g/mol. The predicted molar refractivity (Wildman–Crippen MR) is 117 cm³/mol. The van der Waals surface area contributed by atoms with Crippen LogP contribution in [-0.4, -0.2) is 38.2 Å². The number of amides is 1. The van der Waals surface area contributed by atoms with E-state index in [0.29, 0.717) is 31.0 Å². The molecule has 1 heterocycles. The SMILES string of the molecule is CN=C(NCc1ccc(N2CCCC2=O)cc1)NCc1cccc(COCC(F)(F)F)c1. The number of aliphatic imine (C=N–C) groups is 1. The lowest BCUT2D eigenvalue weighted by Gasteiger charge is -2.16. The van der Waals surface area contributed by atoms with Crippen LogP contribution in [0.25, 0.3) is 0 Å². The first-order chi connectivity index (χ1) is 15.3. The summed E-state index contributed by atoms with van der Waals surface area (Å²) in [7, 11) is 1.67. The molecule has 6 nitrogen and oxygen atoms in total. The normalized spacial score (nSPS) is 14.7. The van der Waals surface area contributed by atoms with Crippen LogP contribution in [-0.2, 0) is 29.2 Å². The van der Waals surface area contributed by atoms with Crippen molar-refractivity contribution in [1.82, 2.24) is 10.6 Å². The fourth-order valence-electron chi connectivity index (χ4n) is 3.42. The van der Waals surface area contributed by atoms with E-state index in [-0.39, 0.29) is 12.5 Å². The average Bonchev–Trinajstić information content (AvgIpc) is 3.19. The van der Waals surface area contributed by atoms with E-state index in [1.807, 2.05) is 30.3 Å². The van der Waals surface area contributed by atoms with Gasteiger partial charge >= 0.3 is 6.18 Å². The van der Waals surface area contributed by atoms with Crippen molar-refractivity contribution < 1.29 is 22.7 Å². The number of alkyl halides is 3.